The van der Waals surface area contributed by atoms with Crippen LogP contribution < -0.4 is 10.6 Å². The number of imide groups is 1. The molecule has 0 spiro atoms. The number of carbonyl (C=O) groups excluding carboxylic acids is 2. The summed E-state index contributed by atoms with van der Waals surface area (Å²) in [5.74, 6) is 0.242. The SMILES string of the molecule is CCCN1C(=NCCO)NC2C1C(=O)NC(=O)N2C. The first-order valence-corrected chi connectivity index (χ1v) is 6.36. The molecule has 2 fully saturated rings. The van der Waals surface area contributed by atoms with Crippen molar-refractivity contribution in [1.29, 1.82) is 0 Å². The van der Waals surface area contributed by atoms with Gasteiger partial charge in [-0.05, 0) is 6.42 Å². The molecular weight excluding hydrogens is 250 g/mol. The zero-order valence-corrected chi connectivity index (χ0v) is 11.1. The number of likely N-dealkylation sites (N-methyl/N-ethyl adjacent to an activating group) is 1. The van der Waals surface area contributed by atoms with E-state index in [1.165, 1.54) is 4.90 Å². The number of aliphatic hydroxyl groups is 1. The van der Waals surface area contributed by atoms with Gasteiger partial charge in [0.15, 0.2) is 12.0 Å². The normalized spacial score (nSPS) is 28.5. The van der Waals surface area contributed by atoms with Gasteiger partial charge in [-0.2, -0.15) is 0 Å². The van der Waals surface area contributed by atoms with Gasteiger partial charge in [0.25, 0.3) is 5.91 Å². The van der Waals surface area contributed by atoms with E-state index in [1.807, 2.05) is 11.8 Å². The summed E-state index contributed by atoms with van der Waals surface area (Å²) in [5.41, 5.74) is 0. The van der Waals surface area contributed by atoms with Gasteiger partial charge in [0.2, 0.25) is 0 Å². The van der Waals surface area contributed by atoms with Crippen LogP contribution in [0.1, 0.15) is 13.3 Å². The zero-order valence-electron chi connectivity index (χ0n) is 11.1. The molecule has 3 N–H and O–H groups in total. The van der Waals surface area contributed by atoms with Gasteiger partial charge in [0, 0.05) is 13.6 Å². The van der Waals surface area contributed by atoms with Crippen molar-refractivity contribution in [3.8, 4) is 0 Å². The highest BCUT2D eigenvalue weighted by Crippen LogP contribution is 2.20. The van der Waals surface area contributed by atoms with Crippen molar-refractivity contribution >= 4 is 17.9 Å². The molecule has 0 aromatic carbocycles. The fourth-order valence-electron chi connectivity index (χ4n) is 2.36. The van der Waals surface area contributed by atoms with Gasteiger partial charge in [0.1, 0.15) is 6.17 Å². The molecule has 19 heavy (non-hydrogen) atoms. The average Bonchev–Trinajstić information content (AvgIpc) is 2.74. The zero-order chi connectivity index (χ0) is 14.0. The fourth-order valence-corrected chi connectivity index (χ4v) is 2.36. The van der Waals surface area contributed by atoms with E-state index in [4.69, 9.17) is 5.11 Å². The van der Waals surface area contributed by atoms with Crippen LogP contribution in [0.3, 0.4) is 0 Å². The standard InChI is InChI=1S/C11H19N5O3/c1-3-5-16-7-8(13-10(16)12-4-6-17)15(2)11(19)14-9(7)18/h7-8,17H,3-6H2,1-2H3,(H,12,13)(H,14,18,19). The summed E-state index contributed by atoms with van der Waals surface area (Å²) in [5, 5.41) is 14.3. The van der Waals surface area contributed by atoms with Gasteiger partial charge in [-0.15, -0.1) is 0 Å². The summed E-state index contributed by atoms with van der Waals surface area (Å²) < 4.78 is 0. The minimum atomic E-state index is -0.472. The molecule has 0 saturated carbocycles. The van der Waals surface area contributed by atoms with Crippen molar-refractivity contribution < 1.29 is 14.7 Å². The number of urea groups is 1. The molecule has 0 radical (unpaired) electrons. The predicted molar refractivity (Wildman–Crippen MR) is 68.4 cm³/mol. The molecule has 2 unspecified atom stereocenters. The van der Waals surface area contributed by atoms with Gasteiger partial charge < -0.3 is 20.2 Å². The van der Waals surface area contributed by atoms with E-state index in [-0.39, 0.29) is 19.1 Å². The number of aliphatic hydroxyl groups excluding tert-OH is 1. The molecule has 8 nitrogen and oxygen atoms in total. The van der Waals surface area contributed by atoms with Gasteiger partial charge in [-0.25, -0.2) is 4.79 Å². The van der Waals surface area contributed by atoms with Crippen LogP contribution in [0.4, 0.5) is 4.79 Å². The number of hydrogen-bond acceptors (Lipinski definition) is 4. The van der Waals surface area contributed by atoms with Crippen LogP contribution in [0, 0.1) is 0 Å². The highest BCUT2D eigenvalue weighted by Gasteiger charge is 2.49. The molecule has 2 atom stereocenters. The van der Waals surface area contributed by atoms with Crippen molar-refractivity contribution in [1.82, 2.24) is 20.4 Å². The lowest BCUT2D eigenvalue weighted by Gasteiger charge is -2.35. The van der Waals surface area contributed by atoms with Crippen molar-refractivity contribution in [3.63, 3.8) is 0 Å². The molecule has 8 heteroatoms. The second-order valence-electron chi connectivity index (χ2n) is 4.56. The van der Waals surface area contributed by atoms with E-state index < -0.39 is 18.2 Å². The number of fused-ring (bicyclic) bond motifs is 1. The Bertz CT molecular complexity index is 411. The first-order chi connectivity index (χ1) is 9.10. The summed E-state index contributed by atoms with van der Waals surface area (Å²) in [6.07, 6.45) is 0.443. The van der Waals surface area contributed by atoms with Crippen LogP contribution >= 0.6 is 0 Å². The molecule has 2 aliphatic rings. The Labute approximate surface area is 111 Å². The Morgan fingerprint density at radius 3 is 2.79 bits per heavy atom. The minimum absolute atomic E-state index is 0.0541. The Balaban J connectivity index is 2.27. The van der Waals surface area contributed by atoms with Crippen molar-refractivity contribution in [3.05, 3.63) is 0 Å². The summed E-state index contributed by atoms with van der Waals surface area (Å²) in [4.78, 5) is 31.1. The maximum absolute atomic E-state index is 12.0. The quantitative estimate of drug-likeness (QED) is 0.579. The van der Waals surface area contributed by atoms with Gasteiger partial charge in [-0.3, -0.25) is 15.1 Å². The van der Waals surface area contributed by atoms with Gasteiger partial charge in [-0.1, -0.05) is 6.92 Å². The summed E-state index contributed by atoms with van der Waals surface area (Å²) in [6.45, 7) is 2.88. The smallest absolute Gasteiger partial charge is 0.325 e. The molecule has 2 saturated heterocycles. The van der Waals surface area contributed by atoms with Crippen LogP contribution in [0.2, 0.25) is 0 Å². The highest BCUT2D eigenvalue weighted by atomic mass is 16.3. The molecule has 3 amide bonds. The second-order valence-corrected chi connectivity index (χ2v) is 4.56. The monoisotopic (exact) mass is 269 g/mol. The first-order valence-electron chi connectivity index (χ1n) is 6.36. The Kier molecular flexibility index (Phi) is 3.89. The van der Waals surface area contributed by atoms with Gasteiger partial charge in [0.05, 0.1) is 13.2 Å². The topological polar surface area (TPSA) is 97.3 Å². The number of nitrogens with zero attached hydrogens (tertiary/aromatic N) is 3. The molecule has 0 aliphatic carbocycles. The van der Waals surface area contributed by atoms with Crippen LogP contribution in [0.5, 0.6) is 0 Å². The number of nitrogens with one attached hydrogen (secondary N) is 2. The lowest BCUT2D eigenvalue weighted by Crippen LogP contribution is -2.64. The highest BCUT2D eigenvalue weighted by molar-refractivity contribution is 6.04. The molecule has 2 rings (SSSR count). The molecule has 0 aromatic heterocycles. The number of aliphatic imine (C=N–C) groups is 1. The second kappa shape index (κ2) is 5.43. The molecular formula is C11H19N5O3. The molecule has 2 aliphatic heterocycles. The average molecular weight is 269 g/mol. The maximum Gasteiger partial charge on any atom is 0.325 e. The van der Waals surface area contributed by atoms with Gasteiger partial charge >= 0.3 is 6.03 Å². The van der Waals surface area contributed by atoms with E-state index in [0.29, 0.717) is 12.5 Å². The van der Waals surface area contributed by atoms with Crippen LogP contribution in [-0.2, 0) is 4.79 Å². The third kappa shape index (κ3) is 2.35. The van der Waals surface area contributed by atoms with E-state index >= 15 is 0 Å². The number of guanidine groups is 1. The first kappa shape index (κ1) is 13.6. The van der Waals surface area contributed by atoms with Crippen LogP contribution in [0.15, 0.2) is 4.99 Å². The molecule has 0 aromatic rings. The molecule has 0 bridgehead atoms. The number of hydrogen-bond donors (Lipinski definition) is 3. The third-order valence-corrected chi connectivity index (χ3v) is 3.25. The van der Waals surface area contributed by atoms with E-state index in [1.54, 1.807) is 7.05 Å². The minimum Gasteiger partial charge on any atom is -0.394 e. The van der Waals surface area contributed by atoms with Crippen molar-refractivity contribution in [2.45, 2.75) is 25.6 Å². The van der Waals surface area contributed by atoms with Crippen LogP contribution in [-0.4, -0.2) is 71.8 Å². The number of amides is 3. The van der Waals surface area contributed by atoms with Crippen molar-refractivity contribution in [2.24, 2.45) is 4.99 Å². The largest absolute Gasteiger partial charge is 0.394 e. The van der Waals surface area contributed by atoms with E-state index in [9.17, 15) is 9.59 Å². The lowest BCUT2D eigenvalue weighted by atomic mass is 10.1. The third-order valence-electron chi connectivity index (χ3n) is 3.25. The Hall–Kier alpha value is -1.83. The Morgan fingerprint density at radius 2 is 2.16 bits per heavy atom. The Morgan fingerprint density at radius 1 is 1.42 bits per heavy atom. The van der Waals surface area contributed by atoms with E-state index in [2.05, 4.69) is 15.6 Å². The summed E-state index contributed by atoms with van der Waals surface area (Å²) in [7, 11) is 1.63. The number of carbonyl (C=O) groups is 2. The predicted octanol–water partition coefficient (Wildman–Crippen LogP) is -1.47. The summed E-state index contributed by atoms with van der Waals surface area (Å²) in [6, 6.07) is -0.890. The number of rotatable bonds is 4. The maximum atomic E-state index is 12.0. The van der Waals surface area contributed by atoms with Crippen molar-refractivity contribution in [2.75, 3.05) is 26.7 Å². The fraction of sp³-hybridized carbons (Fsp3) is 0.727. The molecule has 2 heterocycles. The van der Waals surface area contributed by atoms with E-state index in [0.717, 1.165) is 6.42 Å². The molecule has 106 valence electrons. The lowest BCUT2D eigenvalue weighted by molar-refractivity contribution is -0.127. The van der Waals surface area contributed by atoms with Crippen LogP contribution in [0.25, 0.3) is 0 Å². The summed E-state index contributed by atoms with van der Waals surface area (Å²) >= 11 is 0.